The number of carbonyl (C=O) groups is 1. The Labute approximate surface area is 125 Å². The first-order valence-electron chi connectivity index (χ1n) is 7.10. The maximum Gasteiger partial charge on any atom is 0.227 e. The summed E-state index contributed by atoms with van der Waals surface area (Å²) >= 11 is 1.30. The van der Waals surface area contributed by atoms with E-state index in [0.717, 1.165) is 5.69 Å². The zero-order chi connectivity index (χ0) is 16.3. The highest BCUT2D eigenvalue weighted by Crippen LogP contribution is 2.20. The van der Waals surface area contributed by atoms with Crippen molar-refractivity contribution in [1.82, 2.24) is 14.8 Å². The molecule has 106 valence electrons. The molecule has 0 N–H and O–H groups in total. The average Bonchev–Trinajstić information content (AvgIpc) is 2.88. The summed E-state index contributed by atoms with van der Waals surface area (Å²) < 4.78 is 17.4. The smallest absolute Gasteiger partial charge is 0.227 e. The fourth-order valence-corrected chi connectivity index (χ4v) is 2.03. The summed E-state index contributed by atoms with van der Waals surface area (Å²) in [5.41, 5.74) is 2.02. The Balaban J connectivity index is 2.30. The van der Waals surface area contributed by atoms with Gasteiger partial charge in [-0.25, -0.2) is 4.68 Å². The molecule has 0 aromatic carbocycles. The molecule has 0 radical (unpaired) electrons. The summed E-state index contributed by atoms with van der Waals surface area (Å²) in [6, 6.07) is 3.66. The van der Waals surface area contributed by atoms with E-state index in [1.54, 1.807) is 49.6 Å². The van der Waals surface area contributed by atoms with Crippen LogP contribution in [0.2, 0.25) is 0 Å². The highest BCUT2D eigenvalue weighted by molar-refractivity contribution is 7.98. The van der Waals surface area contributed by atoms with Gasteiger partial charge in [0.1, 0.15) is 0 Å². The lowest BCUT2D eigenvalue weighted by Crippen LogP contribution is -2.26. The summed E-state index contributed by atoms with van der Waals surface area (Å²) in [5.74, 6) is -0.456. The number of aryl methyl sites for hydroxylation is 1. The van der Waals surface area contributed by atoms with Crippen LogP contribution >= 0.6 is 11.8 Å². The number of nitrogens with zero attached hydrogens (tertiary/aromatic N) is 4. The predicted molar refractivity (Wildman–Crippen MR) is 82.5 cm³/mol. The Bertz CT molecular complexity index is 660. The molecule has 6 heteroatoms. The second-order valence-electron chi connectivity index (χ2n) is 4.23. The largest absolute Gasteiger partial charge is 0.312 e. The van der Waals surface area contributed by atoms with Gasteiger partial charge in [-0.2, -0.15) is 16.9 Å². The number of rotatable bonds is 5. The Morgan fingerprint density at radius 3 is 3.05 bits per heavy atom. The van der Waals surface area contributed by atoms with Crippen LogP contribution in [0.1, 0.15) is 14.8 Å². The fraction of sp³-hybridized carbons (Fsp3) is 0.357. The van der Waals surface area contributed by atoms with E-state index in [9.17, 15) is 4.79 Å². The first kappa shape index (κ1) is 12.0. The molecule has 0 aliphatic carbocycles. The van der Waals surface area contributed by atoms with Gasteiger partial charge >= 0.3 is 0 Å². The molecule has 2 rings (SSSR count). The quantitative estimate of drug-likeness (QED) is 0.848. The summed E-state index contributed by atoms with van der Waals surface area (Å²) in [4.78, 5) is 17.7. The van der Waals surface area contributed by atoms with E-state index in [2.05, 4.69) is 10.1 Å². The SMILES string of the molecule is [2H]C([2H])(CSC)C(=O)N(C)c1cn(-c2cccnc2)nc1C. The van der Waals surface area contributed by atoms with Gasteiger partial charge in [0.2, 0.25) is 5.91 Å². The highest BCUT2D eigenvalue weighted by Gasteiger charge is 2.16. The Hall–Kier alpha value is -1.82. The minimum Gasteiger partial charge on any atom is -0.312 e. The standard InChI is InChI=1S/C14H18N4OS/c1-11-13(17(2)14(19)6-8-20-3)10-18(16-11)12-5-4-7-15-9-12/h4-5,7,9-10H,6,8H2,1-3H3/i6D2. The molecule has 2 heterocycles. The van der Waals surface area contributed by atoms with Crippen molar-refractivity contribution in [3.63, 3.8) is 0 Å². The van der Waals surface area contributed by atoms with Crippen LogP contribution in [-0.2, 0) is 4.79 Å². The first-order chi connectivity index (χ1) is 10.4. The van der Waals surface area contributed by atoms with Crippen LogP contribution in [-0.4, -0.2) is 39.7 Å². The van der Waals surface area contributed by atoms with Gasteiger partial charge in [0, 0.05) is 28.1 Å². The number of hydrogen-bond donors (Lipinski definition) is 0. The van der Waals surface area contributed by atoms with Gasteiger partial charge in [-0.05, 0) is 25.3 Å². The molecule has 0 bridgehead atoms. The molecule has 1 amide bonds. The van der Waals surface area contributed by atoms with Crippen molar-refractivity contribution < 1.29 is 7.54 Å². The number of pyridine rings is 1. The highest BCUT2D eigenvalue weighted by atomic mass is 32.2. The zero-order valence-electron chi connectivity index (χ0n) is 13.7. The van der Waals surface area contributed by atoms with Crippen LogP contribution < -0.4 is 4.90 Å². The van der Waals surface area contributed by atoms with Crippen LogP contribution in [0.5, 0.6) is 0 Å². The molecule has 0 saturated heterocycles. The molecule has 0 fully saturated rings. The second-order valence-corrected chi connectivity index (χ2v) is 5.10. The molecule has 5 nitrogen and oxygen atoms in total. The number of aromatic nitrogens is 3. The van der Waals surface area contributed by atoms with Crippen LogP contribution in [0.3, 0.4) is 0 Å². The van der Waals surface area contributed by atoms with E-state index in [4.69, 9.17) is 2.74 Å². The summed E-state index contributed by atoms with van der Waals surface area (Å²) in [5, 5.41) is 4.37. The van der Waals surface area contributed by atoms with Crippen molar-refractivity contribution in [2.24, 2.45) is 0 Å². The van der Waals surface area contributed by atoms with Crippen LogP contribution in [0.25, 0.3) is 5.69 Å². The topological polar surface area (TPSA) is 51.0 Å². The predicted octanol–water partition coefficient (Wildman–Crippen LogP) is 2.29. The van der Waals surface area contributed by atoms with E-state index in [1.165, 1.54) is 16.7 Å². The third-order valence-corrected chi connectivity index (χ3v) is 3.25. The lowest BCUT2D eigenvalue weighted by molar-refractivity contribution is -0.117. The normalized spacial score (nSPS) is 12.8. The van der Waals surface area contributed by atoms with Gasteiger partial charge < -0.3 is 4.90 Å². The molecule has 0 saturated carbocycles. The molecular weight excluding hydrogens is 272 g/mol. The molecule has 0 aliphatic heterocycles. The monoisotopic (exact) mass is 292 g/mol. The van der Waals surface area contributed by atoms with Gasteiger partial charge in [-0.15, -0.1) is 0 Å². The lowest BCUT2D eigenvalue weighted by Gasteiger charge is -2.15. The van der Waals surface area contributed by atoms with E-state index in [-0.39, 0.29) is 5.75 Å². The summed E-state index contributed by atoms with van der Waals surface area (Å²) in [7, 11) is 1.57. The maximum absolute atomic E-state index is 12.3. The molecule has 20 heavy (non-hydrogen) atoms. The third-order valence-electron chi connectivity index (χ3n) is 2.82. The second kappa shape index (κ2) is 6.56. The number of carbonyl (C=O) groups excluding carboxylic acids is 1. The fourth-order valence-electron chi connectivity index (χ4n) is 1.76. The zero-order valence-corrected chi connectivity index (χ0v) is 12.5. The van der Waals surface area contributed by atoms with Gasteiger partial charge in [-0.1, -0.05) is 0 Å². The maximum atomic E-state index is 12.3. The third kappa shape index (κ3) is 3.19. The molecule has 2 aromatic rings. The lowest BCUT2D eigenvalue weighted by atomic mass is 10.3. The Morgan fingerprint density at radius 2 is 2.40 bits per heavy atom. The van der Waals surface area contributed by atoms with Crippen LogP contribution in [0, 0.1) is 6.92 Å². The van der Waals surface area contributed by atoms with Gasteiger partial charge in [0.25, 0.3) is 0 Å². The van der Waals surface area contributed by atoms with Crippen molar-refractivity contribution in [2.45, 2.75) is 13.3 Å². The number of thioether (sulfide) groups is 1. The summed E-state index contributed by atoms with van der Waals surface area (Å²) in [6.07, 6.45) is 4.92. The van der Waals surface area contributed by atoms with Crippen molar-refractivity contribution in [3.05, 3.63) is 36.4 Å². The van der Waals surface area contributed by atoms with E-state index >= 15 is 0 Å². The van der Waals surface area contributed by atoms with Gasteiger partial charge in [0.15, 0.2) is 0 Å². The minimum absolute atomic E-state index is 0.117. The molecule has 0 unspecified atom stereocenters. The molecule has 0 aliphatic rings. The summed E-state index contributed by atoms with van der Waals surface area (Å²) in [6.45, 7) is 1.79. The molecule has 0 atom stereocenters. The number of anilines is 1. The van der Waals surface area contributed by atoms with Crippen molar-refractivity contribution in [1.29, 1.82) is 0 Å². The van der Waals surface area contributed by atoms with E-state index in [0.29, 0.717) is 11.4 Å². The first-order valence-corrected chi connectivity index (χ1v) is 7.50. The number of hydrogen-bond acceptors (Lipinski definition) is 4. The minimum atomic E-state index is -1.91. The van der Waals surface area contributed by atoms with E-state index in [1.807, 2.05) is 6.07 Å². The van der Waals surface area contributed by atoms with Gasteiger partial charge in [-0.3, -0.25) is 9.78 Å². The average molecular weight is 292 g/mol. The van der Waals surface area contributed by atoms with Crippen molar-refractivity contribution >= 4 is 23.4 Å². The Morgan fingerprint density at radius 1 is 1.60 bits per heavy atom. The van der Waals surface area contributed by atoms with Crippen LogP contribution in [0.4, 0.5) is 5.69 Å². The van der Waals surface area contributed by atoms with Crippen molar-refractivity contribution in [3.8, 4) is 5.69 Å². The van der Waals surface area contributed by atoms with Crippen molar-refractivity contribution in [2.75, 3.05) is 24.0 Å². The van der Waals surface area contributed by atoms with E-state index < -0.39 is 12.3 Å². The van der Waals surface area contributed by atoms with Gasteiger partial charge in [0.05, 0.1) is 29.5 Å². The molecule has 0 spiro atoms. The Kier molecular flexibility index (Phi) is 3.92. The molecule has 2 aromatic heterocycles. The van der Waals surface area contributed by atoms with Crippen LogP contribution in [0.15, 0.2) is 30.7 Å². The number of amides is 1. The molecular formula is C14H18N4OS.